The molecule has 2 N–H and O–H groups in total. The Morgan fingerprint density at radius 3 is 2.85 bits per heavy atom. The number of hydrogen-bond acceptors (Lipinski definition) is 3. The van der Waals surface area contributed by atoms with Crippen LogP contribution in [0.2, 0.25) is 0 Å². The van der Waals surface area contributed by atoms with Crippen molar-refractivity contribution in [2.75, 3.05) is 32.8 Å². The summed E-state index contributed by atoms with van der Waals surface area (Å²) in [6.07, 6.45) is 3.38. The number of guanidine groups is 1. The lowest BCUT2D eigenvalue weighted by molar-refractivity contribution is 0.0283. The van der Waals surface area contributed by atoms with Crippen LogP contribution in [0.5, 0.6) is 0 Å². The van der Waals surface area contributed by atoms with Gasteiger partial charge in [-0.3, -0.25) is 9.89 Å². The molecule has 0 spiro atoms. The van der Waals surface area contributed by atoms with E-state index in [1.165, 1.54) is 11.1 Å². The van der Waals surface area contributed by atoms with Crippen molar-refractivity contribution in [3.05, 3.63) is 35.4 Å². The van der Waals surface area contributed by atoms with Crippen LogP contribution in [0, 0.1) is 0 Å². The Morgan fingerprint density at radius 2 is 2.12 bits per heavy atom. The van der Waals surface area contributed by atoms with Gasteiger partial charge < -0.3 is 15.4 Å². The molecule has 0 amide bonds. The first-order valence-electron chi connectivity index (χ1n) is 10.1. The summed E-state index contributed by atoms with van der Waals surface area (Å²) < 4.78 is 5.85. The molecule has 1 aromatic carbocycles. The molecule has 0 saturated carbocycles. The van der Waals surface area contributed by atoms with E-state index < -0.39 is 0 Å². The fraction of sp³-hybridized carbons (Fsp3) is 0.667. The van der Waals surface area contributed by atoms with Gasteiger partial charge >= 0.3 is 0 Å². The van der Waals surface area contributed by atoms with Crippen LogP contribution in [0.4, 0.5) is 0 Å². The molecule has 2 aliphatic rings. The Hall–Kier alpha value is -1.59. The highest BCUT2D eigenvalue weighted by atomic mass is 16.5. The van der Waals surface area contributed by atoms with Crippen molar-refractivity contribution >= 4 is 5.96 Å². The van der Waals surface area contributed by atoms with Crippen molar-refractivity contribution in [1.82, 2.24) is 15.5 Å². The Kier molecular flexibility index (Phi) is 6.54. The Labute approximate surface area is 158 Å². The number of nitrogens with zero attached hydrogens (tertiary/aromatic N) is 2. The van der Waals surface area contributed by atoms with Crippen LogP contribution in [0.15, 0.2) is 29.3 Å². The molecule has 0 aromatic heterocycles. The molecule has 0 bridgehead atoms. The highest BCUT2D eigenvalue weighted by molar-refractivity contribution is 5.79. The number of hydrogen-bond donors (Lipinski definition) is 2. The molecule has 0 radical (unpaired) electrons. The van der Waals surface area contributed by atoms with Crippen LogP contribution in [-0.2, 0) is 17.7 Å². The van der Waals surface area contributed by atoms with Crippen LogP contribution in [0.25, 0.3) is 0 Å². The van der Waals surface area contributed by atoms with Crippen LogP contribution in [0.3, 0.4) is 0 Å². The van der Waals surface area contributed by atoms with E-state index in [-0.39, 0.29) is 5.60 Å². The van der Waals surface area contributed by atoms with Crippen molar-refractivity contribution in [1.29, 1.82) is 0 Å². The average Bonchev–Trinajstić information content (AvgIpc) is 3.10. The highest BCUT2D eigenvalue weighted by Crippen LogP contribution is 2.25. The summed E-state index contributed by atoms with van der Waals surface area (Å²) in [6, 6.07) is 9.28. The van der Waals surface area contributed by atoms with E-state index in [1.54, 1.807) is 0 Å². The fourth-order valence-electron chi connectivity index (χ4n) is 3.82. The molecule has 1 fully saturated rings. The van der Waals surface area contributed by atoms with Gasteiger partial charge in [0.25, 0.3) is 0 Å². The predicted molar refractivity (Wildman–Crippen MR) is 108 cm³/mol. The largest absolute Gasteiger partial charge is 0.373 e. The molecule has 3 rings (SSSR count). The maximum atomic E-state index is 5.85. The minimum Gasteiger partial charge on any atom is -0.373 e. The van der Waals surface area contributed by atoms with Gasteiger partial charge in [0.1, 0.15) is 0 Å². The maximum Gasteiger partial charge on any atom is 0.191 e. The first kappa shape index (κ1) is 19.2. The number of fused-ring (bicyclic) bond motifs is 1. The number of benzene rings is 1. The van der Waals surface area contributed by atoms with Crippen molar-refractivity contribution < 1.29 is 4.74 Å². The van der Waals surface area contributed by atoms with E-state index in [4.69, 9.17) is 9.73 Å². The van der Waals surface area contributed by atoms with E-state index >= 15 is 0 Å². The van der Waals surface area contributed by atoms with Gasteiger partial charge in [-0.05, 0) is 51.2 Å². The van der Waals surface area contributed by atoms with Crippen molar-refractivity contribution in [2.24, 2.45) is 4.99 Å². The van der Waals surface area contributed by atoms with E-state index in [9.17, 15) is 0 Å². The molecule has 26 heavy (non-hydrogen) atoms. The summed E-state index contributed by atoms with van der Waals surface area (Å²) in [6.45, 7) is 12.1. The molecule has 1 saturated heterocycles. The lowest BCUT2D eigenvalue weighted by atomic mass is 9.99. The molecule has 1 aromatic rings. The molecule has 2 heterocycles. The summed E-state index contributed by atoms with van der Waals surface area (Å²) >= 11 is 0. The average molecular weight is 359 g/mol. The maximum absolute atomic E-state index is 5.85. The van der Waals surface area contributed by atoms with Crippen LogP contribution in [0.1, 0.15) is 44.7 Å². The van der Waals surface area contributed by atoms with Gasteiger partial charge in [0.05, 0.1) is 12.1 Å². The standard InChI is InChI=1S/C21H34N4O/c1-4-22-20(24-16-21(3)11-7-13-26-21)23-14-17(2)25-12-10-18-8-5-6-9-19(18)15-25/h5-6,8-9,17H,4,7,10-16H2,1-3H3,(H2,22,23,24). The SMILES string of the molecule is CCNC(=NCC1(C)CCCO1)NCC(C)N1CCc2ccccc2C1. The third kappa shape index (κ3) is 4.98. The first-order chi connectivity index (χ1) is 12.6. The molecule has 0 aliphatic carbocycles. The summed E-state index contributed by atoms with van der Waals surface area (Å²) in [5, 5.41) is 6.89. The fourth-order valence-corrected chi connectivity index (χ4v) is 3.82. The lowest BCUT2D eigenvalue weighted by Gasteiger charge is -2.34. The number of ether oxygens (including phenoxy) is 1. The Morgan fingerprint density at radius 1 is 1.31 bits per heavy atom. The molecular weight excluding hydrogens is 324 g/mol. The quantitative estimate of drug-likeness (QED) is 0.606. The van der Waals surface area contributed by atoms with Gasteiger partial charge in [-0.15, -0.1) is 0 Å². The summed E-state index contributed by atoms with van der Waals surface area (Å²) in [7, 11) is 0. The van der Waals surface area contributed by atoms with Crippen LogP contribution >= 0.6 is 0 Å². The minimum absolute atomic E-state index is 0.0927. The molecule has 5 heteroatoms. The second-order valence-corrected chi connectivity index (χ2v) is 7.82. The topological polar surface area (TPSA) is 48.9 Å². The smallest absolute Gasteiger partial charge is 0.191 e. The van der Waals surface area contributed by atoms with E-state index in [0.717, 1.165) is 58.0 Å². The first-order valence-corrected chi connectivity index (χ1v) is 10.1. The van der Waals surface area contributed by atoms with Gasteiger partial charge in [0.15, 0.2) is 5.96 Å². The summed E-state index contributed by atoms with van der Waals surface area (Å²) in [5.41, 5.74) is 2.88. The molecular formula is C21H34N4O. The van der Waals surface area contributed by atoms with Gasteiger partial charge in [0, 0.05) is 38.8 Å². The monoisotopic (exact) mass is 358 g/mol. The molecule has 2 unspecified atom stereocenters. The van der Waals surface area contributed by atoms with Gasteiger partial charge in [-0.2, -0.15) is 0 Å². The van der Waals surface area contributed by atoms with E-state index in [1.807, 2.05) is 0 Å². The zero-order chi connectivity index (χ0) is 18.4. The van der Waals surface area contributed by atoms with Crippen molar-refractivity contribution in [2.45, 2.75) is 58.2 Å². The molecule has 5 nitrogen and oxygen atoms in total. The molecule has 2 aliphatic heterocycles. The third-order valence-electron chi connectivity index (χ3n) is 5.56. The van der Waals surface area contributed by atoms with Crippen molar-refractivity contribution in [3.63, 3.8) is 0 Å². The number of nitrogens with one attached hydrogen (secondary N) is 2. The lowest BCUT2D eigenvalue weighted by Crippen LogP contribution is -2.47. The van der Waals surface area contributed by atoms with Crippen LogP contribution in [-0.4, -0.2) is 55.3 Å². The van der Waals surface area contributed by atoms with Crippen molar-refractivity contribution in [3.8, 4) is 0 Å². The zero-order valence-corrected chi connectivity index (χ0v) is 16.6. The summed E-state index contributed by atoms with van der Waals surface area (Å²) in [5.74, 6) is 0.897. The van der Waals surface area contributed by atoms with Gasteiger partial charge in [-0.1, -0.05) is 24.3 Å². The van der Waals surface area contributed by atoms with E-state index in [2.05, 4.69) is 60.6 Å². The second kappa shape index (κ2) is 8.87. The van der Waals surface area contributed by atoms with Gasteiger partial charge in [0.2, 0.25) is 0 Å². The molecule has 144 valence electrons. The van der Waals surface area contributed by atoms with E-state index in [0.29, 0.717) is 12.6 Å². The zero-order valence-electron chi connectivity index (χ0n) is 16.6. The Balaban J connectivity index is 1.52. The predicted octanol–water partition coefficient (Wildman–Crippen LogP) is 2.56. The third-order valence-corrected chi connectivity index (χ3v) is 5.56. The normalized spacial score (nSPS) is 25.0. The summed E-state index contributed by atoms with van der Waals surface area (Å²) in [4.78, 5) is 7.33. The van der Waals surface area contributed by atoms with Gasteiger partial charge in [-0.25, -0.2) is 0 Å². The molecule has 2 atom stereocenters. The highest BCUT2D eigenvalue weighted by Gasteiger charge is 2.29. The Bertz CT molecular complexity index is 610. The number of rotatable bonds is 6. The van der Waals surface area contributed by atoms with Crippen LogP contribution < -0.4 is 10.6 Å². The number of aliphatic imine (C=N–C) groups is 1. The minimum atomic E-state index is -0.0927. The second-order valence-electron chi connectivity index (χ2n) is 7.82.